The lowest BCUT2D eigenvalue weighted by Crippen LogP contribution is -2.07. The number of H-pyrrole nitrogens is 1. The van der Waals surface area contributed by atoms with Crippen LogP contribution in [0.25, 0.3) is 0 Å². The average Bonchev–Trinajstić information content (AvgIpc) is 2.76. The molecule has 18 heavy (non-hydrogen) atoms. The summed E-state index contributed by atoms with van der Waals surface area (Å²) in [5, 5.41) is 7.15. The Morgan fingerprint density at radius 2 is 2.22 bits per heavy atom. The van der Waals surface area contributed by atoms with E-state index in [1.54, 1.807) is 25.1 Å². The van der Waals surface area contributed by atoms with Gasteiger partial charge < -0.3 is 0 Å². The Balaban J connectivity index is 1.88. The second-order valence-corrected chi connectivity index (χ2v) is 4.74. The minimum Gasteiger partial charge on any atom is -0.298 e. The van der Waals surface area contributed by atoms with Crippen molar-refractivity contribution >= 4 is 17.5 Å². The van der Waals surface area contributed by atoms with Crippen molar-refractivity contribution in [2.45, 2.75) is 18.5 Å². The van der Waals surface area contributed by atoms with Gasteiger partial charge >= 0.3 is 0 Å². The lowest BCUT2D eigenvalue weighted by atomic mass is 10.1. The van der Waals surface area contributed by atoms with Crippen molar-refractivity contribution < 1.29 is 9.18 Å². The molecule has 0 aliphatic heterocycles. The first kappa shape index (κ1) is 12.8. The van der Waals surface area contributed by atoms with Crippen LogP contribution in [0, 0.1) is 12.7 Å². The van der Waals surface area contributed by atoms with Crippen LogP contribution in [0.2, 0.25) is 0 Å². The number of nitrogens with one attached hydrogen (secondary N) is 1. The Morgan fingerprint density at radius 3 is 2.89 bits per heavy atom. The van der Waals surface area contributed by atoms with Gasteiger partial charge in [0.1, 0.15) is 17.4 Å². The van der Waals surface area contributed by atoms with Gasteiger partial charge in [0.05, 0.1) is 5.75 Å². The molecule has 0 saturated carbocycles. The molecule has 6 heteroatoms. The number of hydrogen-bond donors (Lipinski definition) is 1. The van der Waals surface area contributed by atoms with Gasteiger partial charge in [0.15, 0.2) is 0 Å². The van der Waals surface area contributed by atoms with E-state index in [-0.39, 0.29) is 23.8 Å². The molecule has 0 aliphatic rings. The average molecular weight is 265 g/mol. The first-order valence-electron chi connectivity index (χ1n) is 5.42. The summed E-state index contributed by atoms with van der Waals surface area (Å²) in [7, 11) is 0. The molecule has 0 radical (unpaired) electrons. The number of aromatic nitrogens is 3. The van der Waals surface area contributed by atoms with Crippen molar-refractivity contribution in [1.82, 2.24) is 15.2 Å². The second kappa shape index (κ2) is 5.77. The number of aryl methyl sites for hydroxylation is 1. The van der Waals surface area contributed by atoms with Crippen LogP contribution in [-0.2, 0) is 11.2 Å². The zero-order valence-electron chi connectivity index (χ0n) is 9.81. The molecule has 0 unspecified atom stereocenters. The molecule has 4 nitrogen and oxygen atoms in total. The SMILES string of the molecule is Cc1nc(SCC(=O)Cc2ccccc2F)n[nH]1. The minimum atomic E-state index is -0.343. The van der Waals surface area contributed by atoms with Crippen LogP contribution >= 0.6 is 11.8 Å². The van der Waals surface area contributed by atoms with E-state index in [9.17, 15) is 9.18 Å². The number of Topliss-reactive ketones (excluding diaryl/α,β-unsaturated/α-hetero) is 1. The summed E-state index contributed by atoms with van der Waals surface area (Å²) in [6.07, 6.45) is 0.100. The fraction of sp³-hybridized carbons (Fsp3) is 0.250. The fourth-order valence-corrected chi connectivity index (χ4v) is 2.14. The molecule has 0 aliphatic carbocycles. The van der Waals surface area contributed by atoms with E-state index in [0.29, 0.717) is 16.5 Å². The van der Waals surface area contributed by atoms with E-state index in [1.165, 1.54) is 17.8 Å². The summed E-state index contributed by atoms with van der Waals surface area (Å²) >= 11 is 1.25. The van der Waals surface area contributed by atoms with Gasteiger partial charge in [0.25, 0.3) is 0 Å². The maximum Gasteiger partial charge on any atom is 0.208 e. The lowest BCUT2D eigenvalue weighted by molar-refractivity contribution is -0.116. The Labute approximate surface area is 108 Å². The van der Waals surface area contributed by atoms with E-state index in [0.717, 1.165) is 0 Å². The number of carbonyl (C=O) groups is 1. The van der Waals surface area contributed by atoms with Gasteiger partial charge in [-0.05, 0) is 18.6 Å². The van der Waals surface area contributed by atoms with E-state index >= 15 is 0 Å². The summed E-state index contributed by atoms with van der Waals surface area (Å²) in [6, 6.07) is 6.30. The van der Waals surface area contributed by atoms with Crippen molar-refractivity contribution in [3.63, 3.8) is 0 Å². The molecule has 2 aromatic rings. The lowest BCUT2D eigenvalue weighted by Gasteiger charge is -2.01. The van der Waals surface area contributed by atoms with Crippen LogP contribution in [0.4, 0.5) is 4.39 Å². The number of halogens is 1. The molecule has 0 spiro atoms. The predicted molar refractivity (Wildman–Crippen MR) is 67.0 cm³/mol. The number of carbonyl (C=O) groups excluding carboxylic acids is 1. The number of rotatable bonds is 5. The molecular formula is C12H12FN3OS. The number of benzene rings is 1. The molecule has 0 atom stereocenters. The summed E-state index contributed by atoms with van der Waals surface area (Å²) in [6.45, 7) is 1.79. The molecule has 1 heterocycles. The van der Waals surface area contributed by atoms with Gasteiger partial charge in [-0.3, -0.25) is 9.89 Å². The molecule has 0 saturated heterocycles. The fourth-order valence-electron chi connectivity index (χ4n) is 1.44. The standard InChI is InChI=1S/C12H12FN3OS/c1-8-14-12(16-15-8)18-7-10(17)6-9-4-2-3-5-11(9)13/h2-5H,6-7H2,1H3,(H,14,15,16). The predicted octanol–water partition coefficient (Wildman–Crippen LogP) is 2.16. The molecular weight excluding hydrogens is 253 g/mol. The van der Waals surface area contributed by atoms with Crippen molar-refractivity contribution in [3.05, 3.63) is 41.5 Å². The number of aromatic amines is 1. The van der Waals surface area contributed by atoms with Gasteiger partial charge in [-0.1, -0.05) is 30.0 Å². The molecule has 0 bridgehead atoms. The third-order valence-electron chi connectivity index (χ3n) is 2.28. The van der Waals surface area contributed by atoms with Gasteiger partial charge in [-0.2, -0.15) is 0 Å². The molecule has 1 aromatic carbocycles. The molecule has 2 rings (SSSR count). The first-order valence-corrected chi connectivity index (χ1v) is 6.40. The maximum atomic E-state index is 13.3. The van der Waals surface area contributed by atoms with Crippen molar-refractivity contribution in [2.75, 3.05) is 5.75 Å². The Kier molecular flexibility index (Phi) is 4.09. The summed E-state index contributed by atoms with van der Waals surface area (Å²) in [5.41, 5.74) is 0.425. The van der Waals surface area contributed by atoms with Crippen molar-refractivity contribution in [3.8, 4) is 0 Å². The topological polar surface area (TPSA) is 58.6 Å². The van der Waals surface area contributed by atoms with Crippen LogP contribution in [0.3, 0.4) is 0 Å². The highest BCUT2D eigenvalue weighted by atomic mass is 32.2. The normalized spacial score (nSPS) is 10.6. The smallest absolute Gasteiger partial charge is 0.208 e. The Bertz CT molecular complexity index is 556. The highest BCUT2D eigenvalue weighted by Crippen LogP contribution is 2.14. The molecule has 0 amide bonds. The second-order valence-electron chi connectivity index (χ2n) is 3.80. The van der Waals surface area contributed by atoms with Gasteiger partial charge in [0, 0.05) is 6.42 Å². The quantitative estimate of drug-likeness (QED) is 0.842. The first-order chi connectivity index (χ1) is 8.65. The van der Waals surface area contributed by atoms with Crippen LogP contribution in [-0.4, -0.2) is 26.7 Å². The van der Waals surface area contributed by atoms with Gasteiger partial charge in [-0.25, -0.2) is 9.37 Å². The largest absolute Gasteiger partial charge is 0.298 e. The van der Waals surface area contributed by atoms with Crippen molar-refractivity contribution in [1.29, 1.82) is 0 Å². The number of ketones is 1. The van der Waals surface area contributed by atoms with Crippen molar-refractivity contribution in [2.24, 2.45) is 0 Å². The summed E-state index contributed by atoms with van der Waals surface area (Å²) < 4.78 is 13.3. The van der Waals surface area contributed by atoms with E-state index in [2.05, 4.69) is 15.2 Å². The maximum absolute atomic E-state index is 13.3. The monoisotopic (exact) mass is 265 g/mol. The third-order valence-corrected chi connectivity index (χ3v) is 3.19. The highest BCUT2D eigenvalue weighted by Gasteiger charge is 2.09. The third kappa shape index (κ3) is 3.40. The van der Waals surface area contributed by atoms with E-state index < -0.39 is 0 Å². The number of nitrogens with zero attached hydrogens (tertiary/aromatic N) is 2. The van der Waals surface area contributed by atoms with Gasteiger partial charge in [-0.15, -0.1) is 5.10 Å². The minimum absolute atomic E-state index is 0.0486. The summed E-state index contributed by atoms with van der Waals surface area (Å²) in [4.78, 5) is 15.8. The highest BCUT2D eigenvalue weighted by molar-refractivity contribution is 7.99. The molecule has 94 valence electrons. The zero-order valence-corrected chi connectivity index (χ0v) is 10.6. The number of hydrogen-bond acceptors (Lipinski definition) is 4. The van der Waals surface area contributed by atoms with Crippen LogP contribution in [0.1, 0.15) is 11.4 Å². The van der Waals surface area contributed by atoms with E-state index in [1.807, 2.05) is 0 Å². The van der Waals surface area contributed by atoms with Crippen LogP contribution in [0.15, 0.2) is 29.4 Å². The van der Waals surface area contributed by atoms with Gasteiger partial charge in [0.2, 0.25) is 5.16 Å². The molecule has 0 fully saturated rings. The van der Waals surface area contributed by atoms with Crippen LogP contribution in [0.5, 0.6) is 0 Å². The molecule has 1 aromatic heterocycles. The Morgan fingerprint density at radius 1 is 1.44 bits per heavy atom. The van der Waals surface area contributed by atoms with E-state index in [4.69, 9.17) is 0 Å². The van der Waals surface area contributed by atoms with Crippen LogP contribution < -0.4 is 0 Å². The number of thioether (sulfide) groups is 1. The summed E-state index contributed by atoms with van der Waals surface area (Å²) in [5.74, 6) is 0.558. The molecule has 1 N–H and O–H groups in total. The Hall–Kier alpha value is -1.69. The zero-order chi connectivity index (χ0) is 13.0.